The van der Waals surface area contributed by atoms with E-state index in [1.165, 1.54) is 20.8 Å². The second-order valence-corrected chi connectivity index (χ2v) is 8.44. The van der Waals surface area contributed by atoms with Crippen LogP contribution < -0.4 is 5.32 Å². The van der Waals surface area contributed by atoms with Crippen LogP contribution in [-0.4, -0.2) is 51.5 Å². The predicted octanol–water partition coefficient (Wildman–Crippen LogP) is 1.73. The van der Waals surface area contributed by atoms with Gasteiger partial charge in [0.1, 0.15) is 6.61 Å². The molecule has 0 aromatic heterocycles. The second kappa shape index (κ2) is 6.54. The van der Waals surface area contributed by atoms with Crippen LogP contribution in [0.4, 0.5) is 13.2 Å². The number of nitrogens with one attached hydrogen (secondary N) is 1. The Morgan fingerprint density at radius 2 is 1.78 bits per heavy atom. The number of halogens is 3. The van der Waals surface area contributed by atoms with Crippen molar-refractivity contribution in [1.82, 2.24) is 10.2 Å². The van der Waals surface area contributed by atoms with Crippen LogP contribution in [0.15, 0.2) is 11.3 Å². The highest BCUT2D eigenvalue weighted by molar-refractivity contribution is 8.01. The number of hydrogen-bond acceptors (Lipinski definition) is 6. The van der Waals surface area contributed by atoms with Crippen molar-refractivity contribution in [1.29, 1.82) is 0 Å². The molecule has 1 N–H and O–H groups in total. The molecule has 0 aromatic rings. The number of nitrogens with zero attached hydrogens (tertiary/aromatic N) is 1. The highest BCUT2D eigenvalue weighted by atomic mass is 32.2. The Kier molecular flexibility index (Phi) is 5.15. The van der Waals surface area contributed by atoms with E-state index in [-0.39, 0.29) is 11.8 Å². The van der Waals surface area contributed by atoms with Gasteiger partial charge in [-0.15, -0.1) is 0 Å². The van der Waals surface area contributed by atoms with E-state index >= 15 is 0 Å². The highest BCUT2D eigenvalue weighted by Crippen LogP contribution is 2.56. The van der Waals surface area contributed by atoms with Crippen molar-refractivity contribution in [3.05, 3.63) is 11.3 Å². The Morgan fingerprint density at radius 1 is 1.22 bits per heavy atom. The molecular formula is C16H19F3N2O5S. The third-order valence-electron chi connectivity index (χ3n) is 3.92. The van der Waals surface area contributed by atoms with Crippen LogP contribution in [0, 0.1) is 5.41 Å². The smallest absolute Gasteiger partial charge is 0.323 e. The zero-order chi connectivity index (χ0) is 20.9. The minimum Gasteiger partial charge on any atom is -0.461 e. The number of ether oxygens (including phenoxy) is 1. The molecule has 1 saturated heterocycles. The summed E-state index contributed by atoms with van der Waals surface area (Å²) in [6.45, 7) is 5.35. The van der Waals surface area contributed by atoms with E-state index in [0.29, 0.717) is 4.90 Å². The maximum absolute atomic E-state index is 14.9. The number of Topliss-reactive ketones (excluding diaryl/α,β-unsaturated/α-hetero) is 1. The molecule has 0 radical (unpaired) electrons. The zero-order valence-corrected chi connectivity index (χ0v) is 16.1. The van der Waals surface area contributed by atoms with E-state index in [0.717, 1.165) is 13.8 Å². The van der Waals surface area contributed by atoms with Gasteiger partial charge in [-0.2, -0.15) is 8.78 Å². The number of alkyl halides is 3. The van der Waals surface area contributed by atoms with Crippen molar-refractivity contribution in [2.24, 2.45) is 5.41 Å². The Hall–Kier alpha value is -2.04. The summed E-state index contributed by atoms with van der Waals surface area (Å²) in [7, 11) is 0. The molecule has 2 atom stereocenters. The summed E-state index contributed by atoms with van der Waals surface area (Å²) in [4.78, 5) is 48.0. The number of amides is 2. The molecule has 0 bridgehead atoms. The van der Waals surface area contributed by atoms with Gasteiger partial charge in [-0.25, -0.2) is 4.39 Å². The SMILES string of the molecule is CC(=O)N[C@@]1(F)C(=O)N2C(C(=O)C(C)(C)C)=C(COC(C)=O)C(F)(F)S[C@H]21. The normalized spacial score (nSPS) is 26.9. The molecule has 0 aromatic carbocycles. The standard InChI is InChI=1S/C16H19F3N2O5S/c1-7(22)20-15(17)12(25)21-10(11(24)14(3,4)5)9(6-26-8(2)23)16(18,19)27-13(15)21/h13H,6H2,1-5H3,(H,20,22)/t13-,15-/m0/s1. The van der Waals surface area contributed by atoms with Gasteiger partial charge in [-0.1, -0.05) is 32.5 Å². The van der Waals surface area contributed by atoms with E-state index in [1.54, 1.807) is 5.32 Å². The lowest BCUT2D eigenvalue weighted by molar-refractivity contribution is -0.172. The Balaban J connectivity index is 2.60. The van der Waals surface area contributed by atoms with Gasteiger partial charge < -0.3 is 10.1 Å². The first-order valence-electron chi connectivity index (χ1n) is 7.91. The molecule has 0 aliphatic carbocycles. The van der Waals surface area contributed by atoms with Crippen LogP contribution in [0.25, 0.3) is 0 Å². The molecule has 0 unspecified atom stereocenters. The number of thioether (sulfide) groups is 1. The van der Waals surface area contributed by atoms with Crippen molar-refractivity contribution < 1.29 is 37.1 Å². The molecule has 27 heavy (non-hydrogen) atoms. The lowest BCUT2D eigenvalue weighted by Gasteiger charge is -2.54. The van der Waals surface area contributed by atoms with Crippen molar-refractivity contribution >= 4 is 35.3 Å². The van der Waals surface area contributed by atoms with Crippen LogP contribution in [-0.2, 0) is 23.9 Å². The van der Waals surface area contributed by atoms with Crippen molar-refractivity contribution in [2.75, 3.05) is 6.61 Å². The first-order chi connectivity index (χ1) is 12.1. The van der Waals surface area contributed by atoms with Crippen LogP contribution in [0.1, 0.15) is 34.6 Å². The molecule has 150 valence electrons. The number of allylic oxidation sites excluding steroid dienone is 1. The predicted molar refractivity (Wildman–Crippen MR) is 88.9 cm³/mol. The summed E-state index contributed by atoms with van der Waals surface area (Å²) >= 11 is -0.237. The summed E-state index contributed by atoms with van der Waals surface area (Å²) in [5.74, 6) is -7.02. The number of esters is 1. The summed E-state index contributed by atoms with van der Waals surface area (Å²) in [6, 6.07) is 0. The number of ketones is 1. The number of carbonyl (C=O) groups is 4. The molecule has 7 nitrogen and oxygen atoms in total. The van der Waals surface area contributed by atoms with Gasteiger partial charge in [0, 0.05) is 19.3 Å². The molecule has 2 aliphatic rings. The number of β-lactam (4-membered cyclic amide) rings is 1. The maximum atomic E-state index is 14.9. The monoisotopic (exact) mass is 408 g/mol. The summed E-state index contributed by atoms with van der Waals surface area (Å²) < 4.78 is 49.0. The van der Waals surface area contributed by atoms with Crippen LogP contribution >= 0.6 is 11.8 Å². The first kappa shape index (κ1) is 21.3. The molecule has 2 aliphatic heterocycles. The van der Waals surface area contributed by atoms with E-state index < -0.39 is 63.3 Å². The molecule has 2 heterocycles. The van der Waals surface area contributed by atoms with Crippen LogP contribution in [0.5, 0.6) is 0 Å². The fourth-order valence-corrected chi connectivity index (χ4v) is 3.85. The van der Waals surface area contributed by atoms with Crippen molar-refractivity contribution in [2.45, 2.75) is 51.0 Å². The van der Waals surface area contributed by atoms with Gasteiger partial charge in [0.25, 0.3) is 11.7 Å². The topological polar surface area (TPSA) is 92.8 Å². The fourth-order valence-electron chi connectivity index (χ4n) is 2.65. The largest absolute Gasteiger partial charge is 0.461 e. The summed E-state index contributed by atoms with van der Waals surface area (Å²) in [6.07, 6.45) is 0. The summed E-state index contributed by atoms with van der Waals surface area (Å²) in [5.41, 5.74) is -2.78. The van der Waals surface area contributed by atoms with Gasteiger partial charge in [0.15, 0.2) is 11.2 Å². The molecule has 2 amide bonds. The average molecular weight is 408 g/mol. The first-order valence-corrected chi connectivity index (χ1v) is 8.79. The van der Waals surface area contributed by atoms with E-state index in [4.69, 9.17) is 0 Å². The molecular weight excluding hydrogens is 389 g/mol. The van der Waals surface area contributed by atoms with Gasteiger partial charge >= 0.3 is 11.2 Å². The Morgan fingerprint density at radius 3 is 2.22 bits per heavy atom. The van der Waals surface area contributed by atoms with Gasteiger partial charge in [0.2, 0.25) is 5.91 Å². The Labute approximate surface area is 157 Å². The van der Waals surface area contributed by atoms with Gasteiger partial charge in [0.05, 0.1) is 11.3 Å². The van der Waals surface area contributed by atoms with Gasteiger partial charge in [-0.3, -0.25) is 24.1 Å². The Bertz CT molecular complexity index is 762. The quantitative estimate of drug-likeness (QED) is 0.433. The lowest BCUT2D eigenvalue weighted by Crippen LogP contribution is -2.78. The number of rotatable bonds is 4. The second-order valence-electron chi connectivity index (χ2n) is 7.24. The van der Waals surface area contributed by atoms with Crippen molar-refractivity contribution in [3.63, 3.8) is 0 Å². The molecule has 2 rings (SSSR count). The molecule has 0 saturated carbocycles. The zero-order valence-electron chi connectivity index (χ0n) is 15.3. The minimum atomic E-state index is -3.80. The molecule has 0 spiro atoms. The minimum absolute atomic E-state index is 0.237. The highest BCUT2D eigenvalue weighted by Gasteiger charge is 2.71. The van der Waals surface area contributed by atoms with Crippen LogP contribution in [0.2, 0.25) is 0 Å². The molecule has 1 fully saturated rings. The third-order valence-corrected chi connectivity index (χ3v) is 5.22. The lowest BCUT2D eigenvalue weighted by atomic mass is 9.85. The number of fused-ring (bicyclic) bond motifs is 1. The maximum Gasteiger partial charge on any atom is 0.323 e. The van der Waals surface area contributed by atoms with Gasteiger partial charge in [-0.05, 0) is 0 Å². The van der Waals surface area contributed by atoms with Crippen LogP contribution in [0.3, 0.4) is 0 Å². The summed E-state index contributed by atoms with van der Waals surface area (Å²) in [5, 5.41) is -3.89. The van der Waals surface area contributed by atoms with E-state index in [2.05, 4.69) is 4.74 Å². The fraction of sp³-hybridized carbons (Fsp3) is 0.625. The third kappa shape index (κ3) is 3.56. The number of carbonyl (C=O) groups excluding carboxylic acids is 4. The number of hydrogen-bond donors (Lipinski definition) is 1. The van der Waals surface area contributed by atoms with Crippen molar-refractivity contribution in [3.8, 4) is 0 Å². The average Bonchev–Trinajstić information content (AvgIpc) is 2.49. The van der Waals surface area contributed by atoms with E-state index in [1.807, 2.05) is 0 Å². The molecule has 11 heteroatoms. The van der Waals surface area contributed by atoms with E-state index in [9.17, 15) is 32.3 Å².